The molecule has 4 rings (SSSR count). The van der Waals surface area contributed by atoms with Gasteiger partial charge in [0.2, 0.25) is 5.88 Å². The number of fused-ring (bicyclic) bond motifs is 1. The van der Waals surface area contributed by atoms with Crippen molar-refractivity contribution in [3.05, 3.63) is 48.4 Å². The minimum absolute atomic E-state index is 0.0672. The Kier molecular flexibility index (Phi) is 5.17. The van der Waals surface area contributed by atoms with Gasteiger partial charge >= 0.3 is 0 Å². The molecule has 1 amide bonds. The lowest BCUT2D eigenvalue weighted by atomic mass is 9.96. The normalized spacial score (nSPS) is 18.1. The van der Waals surface area contributed by atoms with E-state index in [1.807, 2.05) is 13.8 Å². The van der Waals surface area contributed by atoms with Crippen LogP contribution in [0.15, 0.2) is 42.7 Å². The molecule has 3 heterocycles. The molecule has 0 bridgehead atoms. The lowest BCUT2D eigenvalue weighted by molar-refractivity contribution is -0.0901. The van der Waals surface area contributed by atoms with Crippen molar-refractivity contribution in [2.45, 2.75) is 38.4 Å². The number of ether oxygens (including phenoxy) is 2. The molecule has 8 heteroatoms. The quantitative estimate of drug-likeness (QED) is 0.603. The van der Waals surface area contributed by atoms with Crippen LogP contribution in [-0.4, -0.2) is 44.4 Å². The van der Waals surface area contributed by atoms with Crippen LogP contribution >= 0.6 is 0 Å². The number of aromatic nitrogens is 2. The predicted molar refractivity (Wildman–Crippen MR) is 111 cm³/mol. The average molecular weight is 409 g/mol. The molecule has 3 aromatic rings. The van der Waals surface area contributed by atoms with Gasteiger partial charge in [0, 0.05) is 37.0 Å². The van der Waals surface area contributed by atoms with Gasteiger partial charge in [-0.2, -0.15) is 0 Å². The van der Waals surface area contributed by atoms with E-state index in [1.54, 1.807) is 18.3 Å². The lowest BCUT2D eigenvalue weighted by Crippen LogP contribution is -2.39. The molecular weight excluding hydrogens is 386 g/mol. The van der Waals surface area contributed by atoms with E-state index < -0.39 is 5.91 Å². The number of phenolic OH excluding ortho intramolecular Hbond substituents is 1. The summed E-state index contributed by atoms with van der Waals surface area (Å²) in [6, 6.07) is 7.76. The molecule has 1 aliphatic rings. The number of pyridine rings is 2. The number of aromatic hydroxyl groups is 2. The number of anilines is 1. The summed E-state index contributed by atoms with van der Waals surface area (Å²) < 4.78 is 11.8. The molecular formula is C22H23N3O5. The first-order valence-corrected chi connectivity index (χ1v) is 9.70. The van der Waals surface area contributed by atoms with Gasteiger partial charge in [-0.05, 0) is 43.5 Å². The Morgan fingerprint density at radius 3 is 2.80 bits per heavy atom. The molecule has 1 saturated heterocycles. The highest BCUT2D eigenvalue weighted by Crippen LogP contribution is 2.37. The summed E-state index contributed by atoms with van der Waals surface area (Å²) in [5.74, 6) is -0.531. The number of amides is 1. The van der Waals surface area contributed by atoms with E-state index in [0.717, 1.165) is 6.42 Å². The zero-order valence-corrected chi connectivity index (χ0v) is 16.8. The van der Waals surface area contributed by atoms with Crippen molar-refractivity contribution in [3.8, 4) is 17.4 Å². The third-order valence-corrected chi connectivity index (χ3v) is 5.00. The summed E-state index contributed by atoms with van der Waals surface area (Å²) in [4.78, 5) is 20.6. The number of hydrogen-bond acceptors (Lipinski definition) is 7. The summed E-state index contributed by atoms with van der Waals surface area (Å²) in [5.41, 5.74) is -0.0123. The fraction of sp³-hybridized carbons (Fsp3) is 0.318. The van der Waals surface area contributed by atoms with Crippen molar-refractivity contribution in [2.24, 2.45) is 0 Å². The monoisotopic (exact) mass is 409 g/mol. The van der Waals surface area contributed by atoms with Crippen LogP contribution < -0.4 is 10.1 Å². The van der Waals surface area contributed by atoms with E-state index in [9.17, 15) is 15.0 Å². The van der Waals surface area contributed by atoms with Crippen LogP contribution in [0.2, 0.25) is 0 Å². The Hall–Kier alpha value is -3.39. The van der Waals surface area contributed by atoms with Crippen LogP contribution in [0.4, 0.5) is 5.69 Å². The zero-order valence-electron chi connectivity index (χ0n) is 16.8. The van der Waals surface area contributed by atoms with Crippen molar-refractivity contribution >= 4 is 22.4 Å². The summed E-state index contributed by atoms with van der Waals surface area (Å²) in [7, 11) is 0. The van der Waals surface area contributed by atoms with E-state index in [-0.39, 0.29) is 28.9 Å². The molecule has 1 fully saturated rings. The maximum Gasteiger partial charge on any atom is 0.278 e. The molecule has 1 aliphatic heterocycles. The van der Waals surface area contributed by atoms with Crippen LogP contribution in [0.5, 0.6) is 17.4 Å². The number of rotatable bonds is 4. The molecule has 30 heavy (non-hydrogen) atoms. The first kappa shape index (κ1) is 19.9. The van der Waals surface area contributed by atoms with E-state index in [2.05, 4.69) is 15.3 Å². The largest absolute Gasteiger partial charge is 0.507 e. The molecule has 0 saturated carbocycles. The van der Waals surface area contributed by atoms with E-state index in [0.29, 0.717) is 35.4 Å². The molecule has 0 radical (unpaired) electrons. The van der Waals surface area contributed by atoms with Gasteiger partial charge in [0.25, 0.3) is 5.91 Å². The van der Waals surface area contributed by atoms with Gasteiger partial charge in [-0.25, -0.2) is 9.97 Å². The second-order valence-electron chi connectivity index (χ2n) is 7.88. The lowest BCUT2D eigenvalue weighted by Gasteiger charge is -2.35. The van der Waals surface area contributed by atoms with E-state index >= 15 is 0 Å². The van der Waals surface area contributed by atoms with Gasteiger partial charge in [0.05, 0.1) is 17.6 Å². The fourth-order valence-electron chi connectivity index (χ4n) is 3.62. The highest BCUT2D eigenvalue weighted by Gasteiger charge is 2.30. The first-order valence-electron chi connectivity index (χ1n) is 9.70. The predicted octanol–water partition coefficient (Wildman–Crippen LogP) is 3.63. The Morgan fingerprint density at radius 1 is 1.20 bits per heavy atom. The van der Waals surface area contributed by atoms with Gasteiger partial charge in [-0.1, -0.05) is 0 Å². The van der Waals surface area contributed by atoms with E-state index in [1.165, 1.54) is 24.4 Å². The molecule has 1 unspecified atom stereocenters. The molecule has 8 nitrogen and oxygen atoms in total. The minimum atomic E-state index is -0.582. The maximum atomic E-state index is 12.4. The molecule has 1 atom stereocenters. The van der Waals surface area contributed by atoms with Gasteiger partial charge < -0.3 is 25.0 Å². The van der Waals surface area contributed by atoms with Crippen LogP contribution in [0.3, 0.4) is 0 Å². The van der Waals surface area contributed by atoms with Crippen LogP contribution in [0.25, 0.3) is 10.8 Å². The fourth-order valence-corrected chi connectivity index (χ4v) is 3.62. The minimum Gasteiger partial charge on any atom is -0.507 e. The van der Waals surface area contributed by atoms with Crippen LogP contribution in [0.1, 0.15) is 37.2 Å². The van der Waals surface area contributed by atoms with Crippen molar-refractivity contribution < 1.29 is 24.5 Å². The molecule has 0 aliphatic carbocycles. The number of nitrogens with one attached hydrogen (secondary N) is 1. The average Bonchev–Trinajstić information content (AvgIpc) is 2.67. The van der Waals surface area contributed by atoms with Crippen molar-refractivity contribution in [1.29, 1.82) is 0 Å². The van der Waals surface area contributed by atoms with Gasteiger partial charge in [0.15, 0.2) is 5.69 Å². The summed E-state index contributed by atoms with van der Waals surface area (Å²) in [6.07, 6.45) is 4.40. The Balaban J connectivity index is 1.60. The molecule has 3 N–H and O–H groups in total. The van der Waals surface area contributed by atoms with Crippen molar-refractivity contribution in [2.75, 3.05) is 11.9 Å². The SMILES string of the molecule is CC1(C)CC(Oc2nccc3cc(NC(=O)c4ncccc4O)cc(O)c23)CCO1. The highest BCUT2D eigenvalue weighted by molar-refractivity contribution is 6.06. The van der Waals surface area contributed by atoms with Crippen LogP contribution in [0, 0.1) is 0 Å². The Labute approximate surface area is 173 Å². The molecule has 0 spiro atoms. The van der Waals surface area contributed by atoms with Gasteiger partial charge in [-0.3, -0.25) is 4.79 Å². The summed E-state index contributed by atoms with van der Waals surface area (Å²) in [5, 5.41) is 24.2. The van der Waals surface area contributed by atoms with Crippen molar-refractivity contribution in [1.82, 2.24) is 9.97 Å². The smallest absolute Gasteiger partial charge is 0.278 e. The Morgan fingerprint density at radius 2 is 2.03 bits per heavy atom. The molecule has 2 aromatic heterocycles. The first-order chi connectivity index (χ1) is 14.3. The molecule has 1 aromatic carbocycles. The van der Waals surface area contributed by atoms with Crippen molar-refractivity contribution in [3.63, 3.8) is 0 Å². The summed E-state index contributed by atoms with van der Waals surface area (Å²) >= 11 is 0. The third kappa shape index (κ3) is 4.13. The number of carbonyl (C=O) groups excluding carboxylic acids is 1. The maximum absolute atomic E-state index is 12.4. The molecule has 156 valence electrons. The summed E-state index contributed by atoms with van der Waals surface area (Å²) in [6.45, 7) is 4.64. The number of hydrogen-bond donors (Lipinski definition) is 3. The number of nitrogens with zero attached hydrogens (tertiary/aromatic N) is 2. The zero-order chi connectivity index (χ0) is 21.3. The van der Waals surface area contributed by atoms with E-state index in [4.69, 9.17) is 9.47 Å². The second kappa shape index (κ2) is 7.79. The number of benzene rings is 1. The van der Waals surface area contributed by atoms with Gasteiger partial charge in [0.1, 0.15) is 17.6 Å². The Bertz CT molecular complexity index is 1100. The number of phenols is 1. The standard InChI is InChI=1S/C22H23N3O5/c1-22(2)12-15(6-9-29-22)30-21-18-13(5-8-24-21)10-14(11-17(18)27)25-20(28)19-16(26)4-3-7-23-19/h3-5,7-8,10-11,15,26-27H,6,9,12H2,1-2H3,(H,25,28). The topological polar surface area (TPSA) is 114 Å². The second-order valence-corrected chi connectivity index (χ2v) is 7.88. The highest BCUT2D eigenvalue weighted by atomic mass is 16.5. The third-order valence-electron chi connectivity index (χ3n) is 5.00. The number of carbonyl (C=O) groups is 1. The van der Waals surface area contributed by atoms with Crippen LogP contribution in [-0.2, 0) is 4.74 Å². The van der Waals surface area contributed by atoms with Gasteiger partial charge in [-0.15, -0.1) is 0 Å².